The van der Waals surface area contributed by atoms with Crippen LogP contribution in [0.25, 0.3) is 0 Å². The normalized spacial score (nSPS) is 14.8. The van der Waals surface area contributed by atoms with Crippen molar-refractivity contribution in [2.45, 2.75) is 69.5 Å². The standard InChI is InChI=1S/C31H36ClN3O4S/c1-23-10-9-11-25(20-23)21-34(24(2)31(37)33-27-12-5-3-6-13-27)30(36)22-35(28-14-7-4-8-15-28)40(38,39)29-18-16-26(32)17-19-29/h4,7-11,14-20,24,27H,3,5-6,12-13,21-22H2,1-2H3,(H,33,37). The van der Waals surface area contributed by atoms with Gasteiger partial charge in [-0.2, -0.15) is 0 Å². The Bertz CT molecular complexity index is 1410. The lowest BCUT2D eigenvalue weighted by Crippen LogP contribution is -2.53. The van der Waals surface area contributed by atoms with E-state index < -0.39 is 28.5 Å². The number of carbonyl (C=O) groups is 2. The van der Waals surface area contributed by atoms with Crippen molar-refractivity contribution < 1.29 is 18.0 Å². The Morgan fingerprint density at radius 1 is 0.950 bits per heavy atom. The number of rotatable bonds is 10. The predicted molar refractivity (Wildman–Crippen MR) is 159 cm³/mol. The van der Waals surface area contributed by atoms with E-state index in [9.17, 15) is 18.0 Å². The molecular weight excluding hydrogens is 546 g/mol. The number of anilines is 1. The zero-order valence-electron chi connectivity index (χ0n) is 22.9. The molecule has 212 valence electrons. The first-order valence-electron chi connectivity index (χ1n) is 13.6. The second kappa shape index (κ2) is 13.3. The van der Waals surface area contributed by atoms with Gasteiger partial charge in [0.1, 0.15) is 12.6 Å². The Labute approximate surface area is 242 Å². The molecular formula is C31H36ClN3O4S. The number of halogens is 1. The molecule has 0 aliphatic heterocycles. The summed E-state index contributed by atoms with van der Waals surface area (Å²) in [6.45, 7) is 3.36. The zero-order chi connectivity index (χ0) is 28.7. The quantitative estimate of drug-likeness (QED) is 0.332. The topological polar surface area (TPSA) is 86.8 Å². The number of benzene rings is 3. The van der Waals surface area contributed by atoms with Crippen LogP contribution in [0, 0.1) is 6.92 Å². The monoisotopic (exact) mass is 581 g/mol. The van der Waals surface area contributed by atoms with E-state index >= 15 is 0 Å². The Kier molecular flexibility index (Phi) is 9.87. The summed E-state index contributed by atoms with van der Waals surface area (Å²) in [5.41, 5.74) is 2.23. The average molecular weight is 582 g/mol. The van der Waals surface area contributed by atoms with Gasteiger partial charge in [0, 0.05) is 17.6 Å². The molecule has 2 amide bonds. The van der Waals surface area contributed by atoms with Crippen molar-refractivity contribution in [3.8, 4) is 0 Å². The van der Waals surface area contributed by atoms with Gasteiger partial charge in [-0.15, -0.1) is 0 Å². The second-order valence-electron chi connectivity index (χ2n) is 10.3. The van der Waals surface area contributed by atoms with Gasteiger partial charge in [0.2, 0.25) is 11.8 Å². The van der Waals surface area contributed by atoms with Crippen molar-refractivity contribution in [1.82, 2.24) is 10.2 Å². The number of nitrogens with zero attached hydrogens (tertiary/aromatic N) is 2. The highest BCUT2D eigenvalue weighted by atomic mass is 35.5. The van der Waals surface area contributed by atoms with Gasteiger partial charge in [0.15, 0.2) is 0 Å². The SMILES string of the molecule is Cc1cccc(CN(C(=O)CN(c2ccccc2)S(=O)(=O)c2ccc(Cl)cc2)C(C)C(=O)NC2CCCCC2)c1. The number of nitrogens with one attached hydrogen (secondary N) is 1. The largest absolute Gasteiger partial charge is 0.352 e. The molecule has 7 nitrogen and oxygen atoms in total. The van der Waals surface area contributed by atoms with Crippen LogP contribution >= 0.6 is 11.6 Å². The summed E-state index contributed by atoms with van der Waals surface area (Å²) in [6, 6.07) is 21.4. The van der Waals surface area contributed by atoms with E-state index in [1.54, 1.807) is 37.3 Å². The number of amides is 2. The maximum Gasteiger partial charge on any atom is 0.264 e. The zero-order valence-corrected chi connectivity index (χ0v) is 24.5. The lowest BCUT2D eigenvalue weighted by Gasteiger charge is -2.33. The first-order chi connectivity index (χ1) is 19.1. The van der Waals surface area contributed by atoms with E-state index in [-0.39, 0.29) is 23.4 Å². The van der Waals surface area contributed by atoms with Gasteiger partial charge in [-0.05, 0) is 68.7 Å². The van der Waals surface area contributed by atoms with Crippen LogP contribution in [0.3, 0.4) is 0 Å². The molecule has 3 aromatic carbocycles. The van der Waals surface area contributed by atoms with E-state index in [0.717, 1.165) is 47.5 Å². The van der Waals surface area contributed by atoms with Crippen molar-refractivity contribution in [3.05, 3.63) is 95.0 Å². The summed E-state index contributed by atoms with van der Waals surface area (Å²) in [6.07, 6.45) is 5.15. The molecule has 3 aromatic rings. The number of para-hydroxylation sites is 1. The van der Waals surface area contributed by atoms with Crippen LogP contribution in [-0.2, 0) is 26.2 Å². The maximum atomic E-state index is 14.0. The van der Waals surface area contributed by atoms with Crippen LogP contribution in [0.5, 0.6) is 0 Å². The van der Waals surface area contributed by atoms with Crippen LogP contribution in [0.15, 0.2) is 83.8 Å². The fourth-order valence-electron chi connectivity index (χ4n) is 5.02. The number of aryl methyl sites for hydroxylation is 1. The molecule has 9 heteroatoms. The lowest BCUT2D eigenvalue weighted by molar-refractivity contribution is -0.139. The van der Waals surface area contributed by atoms with E-state index in [0.29, 0.717) is 10.7 Å². The smallest absolute Gasteiger partial charge is 0.264 e. The third-order valence-electron chi connectivity index (χ3n) is 7.28. The molecule has 0 aromatic heterocycles. The summed E-state index contributed by atoms with van der Waals surface area (Å²) in [7, 11) is -4.12. The maximum absolute atomic E-state index is 14.0. The molecule has 4 rings (SSSR count). The minimum atomic E-state index is -4.12. The Hall–Kier alpha value is -3.36. The van der Waals surface area contributed by atoms with Gasteiger partial charge in [-0.1, -0.05) is 78.9 Å². The molecule has 1 fully saturated rings. The molecule has 1 atom stereocenters. The highest BCUT2D eigenvalue weighted by Crippen LogP contribution is 2.26. The highest BCUT2D eigenvalue weighted by Gasteiger charge is 2.33. The molecule has 0 spiro atoms. The van der Waals surface area contributed by atoms with Gasteiger partial charge in [-0.25, -0.2) is 8.42 Å². The van der Waals surface area contributed by atoms with E-state index in [1.807, 2.05) is 31.2 Å². The van der Waals surface area contributed by atoms with Crippen LogP contribution in [0.2, 0.25) is 5.02 Å². The van der Waals surface area contributed by atoms with Gasteiger partial charge >= 0.3 is 0 Å². The minimum absolute atomic E-state index is 0.0156. The Morgan fingerprint density at radius 2 is 1.62 bits per heavy atom. The summed E-state index contributed by atoms with van der Waals surface area (Å²) in [5.74, 6) is -0.714. The number of carbonyl (C=O) groups excluding carboxylic acids is 2. The fourth-order valence-corrected chi connectivity index (χ4v) is 6.56. The minimum Gasteiger partial charge on any atom is -0.352 e. The average Bonchev–Trinajstić information content (AvgIpc) is 2.95. The third kappa shape index (κ3) is 7.43. The highest BCUT2D eigenvalue weighted by molar-refractivity contribution is 7.92. The lowest BCUT2D eigenvalue weighted by atomic mass is 9.95. The third-order valence-corrected chi connectivity index (χ3v) is 9.32. The summed E-state index contributed by atoms with van der Waals surface area (Å²) < 4.78 is 28.7. The summed E-state index contributed by atoms with van der Waals surface area (Å²) in [5, 5.41) is 3.53. The Balaban J connectivity index is 1.65. The second-order valence-corrected chi connectivity index (χ2v) is 12.6. The molecule has 1 unspecified atom stereocenters. The van der Waals surface area contributed by atoms with Gasteiger partial charge in [-0.3, -0.25) is 13.9 Å². The van der Waals surface area contributed by atoms with Crippen LogP contribution < -0.4 is 9.62 Å². The molecule has 0 heterocycles. The van der Waals surface area contributed by atoms with E-state index in [1.165, 1.54) is 29.2 Å². The molecule has 1 aliphatic carbocycles. The predicted octanol–water partition coefficient (Wildman–Crippen LogP) is 5.71. The molecule has 40 heavy (non-hydrogen) atoms. The summed E-state index contributed by atoms with van der Waals surface area (Å²) >= 11 is 6.00. The molecule has 1 aliphatic rings. The Morgan fingerprint density at radius 3 is 2.27 bits per heavy atom. The molecule has 0 radical (unpaired) electrons. The molecule has 1 saturated carbocycles. The fraction of sp³-hybridized carbons (Fsp3) is 0.355. The summed E-state index contributed by atoms with van der Waals surface area (Å²) in [4.78, 5) is 28.9. The van der Waals surface area contributed by atoms with Crippen LogP contribution in [-0.4, -0.2) is 43.8 Å². The van der Waals surface area contributed by atoms with E-state index in [4.69, 9.17) is 11.6 Å². The molecule has 0 bridgehead atoms. The van der Waals surface area contributed by atoms with Crippen molar-refractivity contribution >= 4 is 39.1 Å². The molecule has 0 saturated heterocycles. The number of sulfonamides is 1. The molecule has 1 N–H and O–H groups in total. The first kappa shape index (κ1) is 29.6. The van der Waals surface area contributed by atoms with Crippen molar-refractivity contribution in [3.63, 3.8) is 0 Å². The van der Waals surface area contributed by atoms with E-state index in [2.05, 4.69) is 5.32 Å². The van der Waals surface area contributed by atoms with Gasteiger partial charge < -0.3 is 10.2 Å². The van der Waals surface area contributed by atoms with Crippen LogP contribution in [0.1, 0.15) is 50.2 Å². The number of hydrogen-bond donors (Lipinski definition) is 1. The first-order valence-corrected chi connectivity index (χ1v) is 15.5. The van der Waals surface area contributed by atoms with Crippen LogP contribution in [0.4, 0.5) is 5.69 Å². The number of hydrogen-bond acceptors (Lipinski definition) is 4. The van der Waals surface area contributed by atoms with Gasteiger partial charge in [0.25, 0.3) is 10.0 Å². The van der Waals surface area contributed by atoms with Crippen molar-refractivity contribution in [2.75, 3.05) is 10.8 Å². The van der Waals surface area contributed by atoms with Crippen molar-refractivity contribution in [1.29, 1.82) is 0 Å². The van der Waals surface area contributed by atoms with Crippen molar-refractivity contribution in [2.24, 2.45) is 0 Å². The van der Waals surface area contributed by atoms with Gasteiger partial charge in [0.05, 0.1) is 10.6 Å².